The fraction of sp³-hybridized carbons (Fsp3) is 0.500. The molecule has 0 heterocycles. The Bertz CT molecular complexity index is 876. The summed E-state index contributed by atoms with van der Waals surface area (Å²) >= 11 is 0. The van der Waals surface area contributed by atoms with Crippen molar-refractivity contribution in [2.45, 2.75) is 84.0 Å². The zero-order valence-corrected chi connectivity index (χ0v) is 18.9. The predicted molar refractivity (Wildman–Crippen MR) is 124 cm³/mol. The van der Waals surface area contributed by atoms with Crippen LogP contribution in [-0.2, 0) is 12.8 Å². The quantitative estimate of drug-likeness (QED) is 0.350. The standard InChI is InChI=1S/C28H35F3/c1-3-5-6-8-24-17-18-25(28(31)27(24)30)22-14-11-20(12-15-22)9-10-21-13-16-23(7-4-2)26(29)19-21/h9-10,13,16-20,22H,3-8,11-12,14-15H2,1-2H3. The monoisotopic (exact) mass is 428 g/mol. The number of allylic oxidation sites excluding steroid dienone is 1. The van der Waals surface area contributed by atoms with Crippen LogP contribution in [0.25, 0.3) is 6.08 Å². The first-order valence-corrected chi connectivity index (χ1v) is 12.0. The lowest BCUT2D eigenvalue weighted by molar-refractivity contribution is 0.364. The van der Waals surface area contributed by atoms with Gasteiger partial charge in [-0.3, -0.25) is 0 Å². The van der Waals surface area contributed by atoms with Gasteiger partial charge in [-0.05, 0) is 85.1 Å². The Kier molecular flexibility index (Phi) is 8.80. The second-order valence-electron chi connectivity index (χ2n) is 8.97. The molecule has 0 radical (unpaired) electrons. The average Bonchev–Trinajstić information content (AvgIpc) is 2.78. The molecule has 0 saturated heterocycles. The summed E-state index contributed by atoms with van der Waals surface area (Å²) in [5, 5.41) is 0. The van der Waals surface area contributed by atoms with E-state index in [1.807, 2.05) is 25.1 Å². The molecule has 0 aromatic heterocycles. The van der Waals surface area contributed by atoms with E-state index in [0.29, 0.717) is 23.5 Å². The van der Waals surface area contributed by atoms with Crippen LogP contribution in [0, 0.1) is 23.4 Å². The molecule has 0 bridgehead atoms. The van der Waals surface area contributed by atoms with Gasteiger partial charge in [-0.2, -0.15) is 0 Å². The molecule has 0 spiro atoms. The number of benzene rings is 2. The molecule has 1 saturated carbocycles. The molecule has 0 aliphatic heterocycles. The van der Waals surface area contributed by atoms with Crippen LogP contribution >= 0.6 is 0 Å². The van der Waals surface area contributed by atoms with Crippen molar-refractivity contribution in [3.63, 3.8) is 0 Å². The van der Waals surface area contributed by atoms with Crippen molar-refractivity contribution in [2.75, 3.05) is 0 Å². The zero-order chi connectivity index (χ0) is 22.2. The normalized spacial score (nSPS) is 19.3. The summed E-state index contributed by atoms with van der Waals surface area (Å²) in [6, 6.07) is 9.04. The topological polar surface area (TPSA) is 0 Å². The van der Waals surface area contributed by atoms with Gasteiger partial charge in [0.05, 0.1) is 0 Å². The Balaban J connectivity index is 1.57. The fourth-order valence-corrected chi connectivity index (χ4v) is 4.69. The van der Waals surface area contributed by atoms with Crippen LogP contribution in [0.3, 0.4) is 0 Å². The van der Waals surface area contributed by atoms with E-state index in [1.165, 1.54) is 0 Å². The van der Waals surface area contributed by atoms with Gasteiger partial charge in [0, 0.05) is 0 Å². The molecule has 1 aliphatic carbocycles. The summed E-state index contributed by atoms with van der Waals surface area (Å²) < 4.78 is 43.4. The molecule has 1 fully saturated rings. The van der Waals surface area contributed by atoms with Gasteiger partial charge in [-0.15, -0.1) is 0 Å². The van der Waals surface area contributed by atoms with Gasteiger partial charge in [0.25, 0.3) is 0 Å². The molecule has 2 aromatic carbocycles. The molecule has 3 rings (SSSR count). The second kappa shape index (κ2) is 11.5. The van der Waals surface area contributed by atoms with E-state index in [1.54, 1.807) is 18.2 Å². The largest absolute Gasteiger partial charge is 0.207 e. The highest BCUT2D eigenvalue weighted by atomic mass is 19.2. The van der Waals surface area contributed by atoms with Gasteiger partial charge in [-0.1, -0.05) is 69.5 Å². The smallest absolute Gasteiger partial charge is 0.162 e. The van der Waals surface area contributed by atoms with Crippen LogP contribution in [-0.4, -0.2) is 0 Å². The Morgan fingerprint density at radius 3 is 2.23 bits per heavy atom. The third-order valence-electron chi connectivity index (χ3n) is 6.61. The third kappa shape index (κ3) is 6.24. The summed E-state index contributed by atoms with van der Waals surface area (Å²) in [6.07, 6.45) is 13.0. The Hall–Kier alpha value is -2.03. The highest BCUT2D eigenvalue weighted by molar-refractivity contribution is 5.50. The maximum absolute atomic E-state index is 14.7. The molecule has 0 N–H and O–H groups in total. The first kappa shape index (κ1) is 23.6. The molecule has 0 amide bonds. The molecule has 0 nitrogen and oxygen atoms in total. The maximum atomic E-state index is 14.7. The summed E-state index contributed by atoms with van der Waals surface area (Å²) in [5.74, 6) is -0.950. The van der Waals surface area contributed by atoms with Crippen molar-refractivity contribution in [1.82, 2.24) is 0 Å². The number of hydrogen-bond donors (Lipinski definition) is 0. The van der Waals surface area contributed by atoms with Crippen molar-refractivity contribution >= 4 is 6.08 Å². The summed E-state index contributed by atoms with van der Waals surface area (Å²) in [4.78, 5) is 0. The predicted octanol–water partition coefficient (Wildman–Crippen LogP) is 8.78. The highest BCUT2D eigenvalue weighted by Gasteiger charge is 2.25. The summed E-state index contributed by atoms with van der Waals surface area (Å²) in [5.41, 5.74) is 2.69. The van der Waals surface area contributed by atoms with Crippen LogP contribution in [0.5, 0.6) is 0 Å². The van der Waals surface area contributed by atoms with E-state index in [4.69, 9.17) is 0 Å². The lowest BCUT2D eigenvalue weighted by atomic mass is 9.78. The lowest BCUT2D eigenvalue weighted by Gasteiger charge is -2.27. The Morgan fingerprint density at radius 1 is 0.806 bits per heavy atom. The lowest BCUT2D eigenvalue weighted by Crippen LogP contribution is -2.14. The first-order valence-electron chi connectivity index (χ1n) is 12.0. The highest BCUT2D eigenvalue weighted by Crippen LogP contribution is 2.38. The Morgan fingerprint density at radius 2 is 1.55 bits per heavy atom. The van der Waals surface area contributed by atoms with Crippen molar-refractivity contribution < 1.29 is 13.2 Å². The van der Waals surface area contributed by atoms with Crippen LogP contribution in [0.1, 0.15) is 93.4 Å². The van der Waals surface area contributed by atoms with Crippen LogP contribution in [0.4, 0.5) is 13.2 Å². The van der Waals surface area contributed by atoms with Crippen LogP contribution < -0.4 is 0 Å². The van der Waals surface area contributed by atoms with Gasteiger partial charge in [0.15, 0.2) is 11.6 Å². The molecular formula is C28H35F3. The minimum Gasteiger partial charge on any atom is -0.207 e. The van der Waals surface area contributed by atoms with Gasteiger partial charge >= 0.3 is 0 Å². The van der Waals surface area contributed by atoms with E-state index >= 15 is 0 Å². The van der Waals surface area contributed by atoms with E-state index in [-0.39, 0.29) is 11.7 Å². The number of hydrogen-bond acceptors (Lipinski definition) is 0. The number of aryl methyl sites for hydroxylation is 2. The molecule has 31 heavy (non-hydrogen) atoms. The average molecular weight is 429 g/mol. The van der Waals surface area contributed by atoms with Crippen molar-refractivity contribution in [1.29, 1.82) is 0 Å². The number of rotatable bonds is 9. The van der Waals surface area contributed by atoms with Crippen molar-refractivity contribution in [3.8, 4) is 0 Å². The summed E-state index contributed by atoms with van der Waals surface area (Å²) in [6.45, 7) is 4.15. The SMILES string of the molecule is CCCCCc1ccc(C2CCC(C=Cc3ccc(CCC)c(F)c3)CC2)c(F)c1F. The molecule has 0 atom stereocenters. The fourth-order valence-electron chi connectivity index (χ4n) is 4.69. The van der Waals surface area contributed by atoms with Crippen molar-refractivity contribution in [3.05, 3.63) is 76.1 Å². The molecule has 2 aromatic rings. The first-order chi connectivity index (χ1) is 15.0. The van der Waals surface area contributed by atoms with Crippen LogP contribution in [0.2, 0.25) is 0 Å². The van der Waals surface area contributed by atoms with E-state index in [2.05, 4.69) is 13.0 Å². The minimum atomic E-state index is -0.649. The van der Waals surface area contributed by atoms with E-state index in [0.717, 1.165) is 68.9 Å². The molecule has 168 valence electrons. The zero-order valence-electron chi connectivity index (χ0n) is 18.9. The van der Waals surface area contributed by atoms with Gasteiger partial charge in [-0.25, -0.2) is 13.2 Å². The molecule has 3 heteroatoms. The molecule has 0 unspecified atom stereocenters. The van der Waals surface area contributed by atoms with Crippen molar-refractivity contribution in [2.24, 2.45) is 5.92 Å². The minimum absolute atomic E-state index is 0.0783. The molecular weight excluding hydrogens is 393 g/mol. The van der Waals surface area contributed by atoms with E-state index < -0.39 is 11.6 Å². The molecule has 1 aliphatic rings. The van der Waals surface area contributed by atoms with Gasteiger partial charge in [0.1, 0.15) is 5.82 Å². The van der Waals surface area contributed by atoms with Gasteiger partial charge < -0.3 is 0 Å². The number of unbranched alkanes of at least 4 members (excludes halogenated alkanes) is 2. The summed E-state index contributed by atoms with van der Waals surface area (Å²) in [7, 11) is 0. The number of halogens is 3. The maximum Gasteiger partial charge on any atom is 0.162 e. The van der Waals surface area contributed by atoms with Gasteiger partial charge in [0.2, 0.25) is 0 Å². The van der Waals surface area contributed by atoms with E-state index in [9.17, 15) is 13.2 Å². The van der Waals surface area contributed by atoms with Crippen LogP contribution in [0.15, 0.2) is 36.4 Å². The second-order valence-corrected chi connectivity index (χ2v) is 8.97. The third-order valence-corrected chi connectivity index (χ3v) is 6.61. The Labute approximate surface area is 185 Å².